The van der Waals surface area contributed by atoms with Crippen molar-refractivity contribution in [3.05, 3.63) is 45.9 Å². The monoisotopic (exact) mass is 311 g/mol. The van der Waals surface area contributed by atoms with E-state index >= 15 is 0 Å². The van der Waals surface area contributed by atoms with Crippen LogP contribution in [0.4, 0.5) is 5.69 Å². The van der Waals surface area contributed by atoms with Crippen LogP contribution in [0.25, 0.3) is 11.1 Å². The highest BCUT2D eigenvalue weighted by molar-refractivity contribution is 5.77. The van der Waals surface area contributed by atoms with Gasteiger partial charge in [-0.3, -0.25) is 4.79 Å². The molecule has 0 atom stereocenters. The van der Waals surface area contributed by atoms with Gasteiger partial charge in [-0.05, 0) is 25.1 Å². The number of benzene rings is 1. The highest BCUT2D eigenvalue weighted by Gasteiger charge is 2.16. The summed E-state index contributed by atoms with van der Waals surface area (Å²) in [6.45, 7) is 4.60. The Kier molecular flexibility index (Phi) is 4.04. The molecule has 1 aliphatic rings. The lowest BCUT2D eigenvalue weighted by Gasteiger charge is -2.29. The number of aromatic amines is 1. The molecule has 0 saturated carbocycles. The van der Waals surface area contributed by atoms with Gasteiger partial charge in [0.2, 0.25) is 0 Å². The molecule has 0 bridgehead atoms. The maximum atomic E-state index is 11.9. The summed E-state index contributed by atoms with van der Waals surface area (Å²) in [6, 6.07) is 8.91. The van der Waals surface area contributed by atoms with Gasteiger partial charge >= 0.3 is 0 Å². The Morgan fingerprint density at radius 1 is 1.26 bits per heavy atom. The number of nitrogens with zero attached hydrogens (tertiary/aromatic N) is 2. The van der Waals surface area contributed by atoms with Gasteiger partial charge in [0.05, 0.1) is 13.2 Å². The van der Waals surface area contributed by atoms with Gasteiger partial charge in [-0.2, -0.15) is 5.26 Å². The van der Waals surface area contributed by atoms with E-state index in [0.717, 1.165) is 18.8 Å². The van der Waals surface area contributed by atoms with E-state index in [1.54, 1.807) is 25.1 Å². The summed E-state index contributed by atoms with van der Waals surface area (Å²) < 4.78 is 5.32. The summed E-state index contributed by atoms with van der Waals surface area (Å²) >= 11 is 0. The second-order valence-corrected chi connectivity index (χ2v) is 5.48. The minimum atomic E-state index is -0.445. The lowest BCUT2D eigenvalue weighted by Crippen LogP contribution is -2.36. The Morgan fingerprint density at radius 2 is 2.00 bits per heavy atom. The van der Waals surface area contributed by atoms with Gasteiger partial charge in [0.1, 0.15) is 17.4 Å². The van der Waals surface area contributed by atoms with Crippen LogP contribution in [0.3, 0.4) is 0 Å². The van der Waals surface area contributed by atoms with Crippen molar-refractivity contribution in [2.75, 3.05) is 31.2 Å². The molecule has 6 nitrogen and oxygen atoms in total. The van der Waals surface area contributed by atoms with E-state index in [2.05, 4.69) is 9.88 Å². The first-order valence-electron chi connectivity index (χ1n) is 7.40. The van der Waals surface area contributed by atoms with Gasteiger partial charge < -0.3 is 19.7 Å². The molecule has 1 aromatic carbocycles. The number of aromatic hydroxyl groups is 1. The van der Waals surface area contributed by atoms with E-state index in [4.69, 9.17) is 4.74 Å². The van der Waals surface area contributed by atoms with Crippen molar-refractivity contribution in [3.63, 3.8) is 0 Å². The Morgan fingerprint density at radius 3 is 2.65 bits per heavy atom. The number of aryl methyl sites for hydroxylation is 1. The van der Waals surface area contributed by atoms with Gasteiger partial charge in [-0.25, -0.2) is 0 Å². The molecule has 0 radical (unpaired) electrons. The van der Waals surface area contributed by atoms with Crippen LogP contribution in [0.2, 0.25) is 0 Å². The van der Waals surface area contributed by atoms with Crippen molar-refractivity contribution >= 4 is 5.69 Å². The average molecular weight is 311 g/mol. The summed E-state index contributed by atoms with van der Waals surface area (Å²) in [7, 11) is 0. The Bertz CT molecular complexity index is 830. The number of nitrogens with one attached hydrogen (secondary N) is 1. The van der Waals surface area contributed by atoms with Gasteiger partial charge in [-0.15, -0.1) is 0 Å². The number of phenolic OH excluding ortho intramolecular Hbond substituents is 1. The van der Waals surface area contributed by atoms with Crippen molar-refractivity contribution in [2.45, 2.75) is 6.92 Å². The predicted molar refractivity (Wildman–Crippen MR) is 86.6 cm³/mol. The summed E-state index contributed by atoms with van der Waals surface area (Å²) in [4.78, 5) is 16.6. The molecule has 3 rings (SSSR count). The first-order valence-corrected chi connectivity index (χ1v) is 7.40. The SMILES string of the molecule is Cc1cc(-c2ccc(N3CCOCC3)cc2O)c(C#N)c(=O)[nH]1. The number of nitriles is 1. The Balaban J connectivity index is 2.05. The number of aromatic nitrogens is 1. The predicted octanol–water partition coefficient (Wildman–Crippen LogP) is 1.76. The van der Waals surface area contributed by atoms with Gasteiger partial charge in [0.15, 0.2) is 0 Å². The van der Waals surface area contributed by atoms with Crippen LogP contribution in [0.5, 0.6) is 5.75 Å². The van der Waals surface area contributed by atoms with E-state index in [-0.39, 0.29) is 11.3 Å². The zero-order valence-electron chi connectivity index (χ0n) is 12.8. The highest BCUT2D eigenvalue weighted by Crippen LogP contribution is 2.34. The van der Waals surface area contributed by atoms with Crippen LogP contribution in [0.1, 0.15) is 11.3 Å². The smallest absolute Gasteiger partial charge is 0.266 e. The largest absolute Gasteiger partial charge is 0.507 e. The molecular formula is C17H17N3O3. The zero-order valence-corrected chi connectivity index (χ0v) is 12.8. The lowest BCUT2D eigenvalue weighted by molar-refractivity contribution is 0.122. The third-order valence-corrected chi connectivity index (χ3v) is 3.93. The molecular weight excluding hydrogens is 294 g/mol. The van der Waals surface area contributed by atoms with Crippen molar-refractivity contribution in [1.29, 1.82) is 5.26 Å². The van der Waals surface area contributed by atoms with Crippen LogP contribution < -0.4 is 10.5 Å². The van der Waals surface area contributed by atoms with Crippen molar-refractivity contribution in [1.82, 2.24) is 4.98 Å². The molecule has 118 valence electrons. The number of ether oxygens (including phenoxy) is 1. The third kappa shape index (κ3) is 2.91. The van der Waals surface area contributed by atoms with Crippen LogP contribution in [0, 0.1) is 18.3 Å². The topological polar surface area (TPSA) is 89.3 Å². The highest BCUT2D eigenvalue weighted by atomic mass is 16.5. The maximum Gasteiger partial charge on any atom is 0.266 e. The summed E-state index contributed by atoms with van der Waals surface area (Å²) in [5.74, 6) is 0.0514. The molecule has 2 aromatic rings. The molecule has 0 aliphatic carbocycles. The number of morpholine rings is 1. The van der Waals surface area contributed by atoms with Gasteiger partial charge in [0, 0.05) is 41.7 Å². The van der Waals surface area contributed by atoms with Crippen LogP contribution in [0.15, 0.2) is 29.1 Å². The van der Waals surface area contributed by atoms with Gasteiger partial charge in [0.25, 0.3) is 5.56 Å². The standard InChI is InChI=1S/C17H17N3O3/c1-11-8-14(15(10-18)17(22)19-11)13-3-2-12(9-16(13)21)20-4-6-23-7-5-20/h2-3,8-9,21H,4-7H2,1H3,(H,19,22). The number of rotatable bonds is 2. The molecule has 1 aromatic heterocycles. The Hall–Kier alpha value is -2.78. The quantitative estimate of drug-likeness (QED) is 0.882. The lowest BCUT2D eigenvalue weighted by atomic mass is 9.99. The van der Waals surface area contributed by atoms with Crippen LogP contribution >= 0.6 is 0 Å². The first kappa shape index (κ1) is 15.1. The second-order valence-electron chi connectivity index (χ2n) is 5.48. The van der Waals surface area contributed by atoms with Crippen molar-refractivity contribution < 1.29 is 9.84 Å². The molecule has 1 aliphatic heterocycles. The molecule has 0 unspecified atom stereocenters. The number of phenols is 1. The number of hydrogen-bond acceptors (Lipinski definition) is 5. The fourth-order valence-corrected chi connectivity index (χ4v) is 2.78. The molecule has 1 fully saturated rings. The Labute approximate surface area is 133 Å². The normalized spacial score (nSPS) is 14.5. The number of H-pyrrole nitrogens is 1. The molecule has 0 spiro atoms. The minimum absolute atomic E-state index is 0.00465. The van der Waals surface area contributed by atoms with E-state index < -0.39 is 5.56 Å². The number of hydrogen-bond donors (Lipinski definition) is 2. The molecule has 6 heteroatoms. The molecule has 2 heterocycles. The first-order chi connectivity index (χ1) is 11.1. The van der Waals surface area contributed by atoms with E-state index in [1.165, 1.54) is 0 Å². The number of anilines is 1. The molecule has 2 N–H and O–H groups in total. The van der Waals surface area contributed by atoms with E-state index in [0.29, 0.717) is 30.0 Å². The summed E-state index contributed by atoms with van der Waals surface area (Å²) in [5.41, 5.74) is 2.02. The maximum absolute atomic E-state index is 11.9. The fourth-order valence-electron chi connectivity index (χ4n) is 2.78. The number of pyridine rings is 1. The molecule has 23 heavy (non-hydrogen) atoms. The van der Waals surface area contributed by atoms with Crippen molar-refractivity contribution in [2.24, 2.45) is 0 Å². The third-order valence-electron chi connectivity index (χ3n) is 3.93. The van der Waals surface area contributed by atoms with Crippen LogP contribution in [-0.4, -0.2) is 36.4 Å². The summed E-state index contributed by atoms with van der Waals surface area (Å²) in [6.07, 6.45) is 0. The zero-order chi connectivity index (χ0) is 16.4. The average Bonchev–Trinajstić information content (AvgIpc) is 2.55. The molecule has 0 amide bonds. The van der Waals surface area contributed by atoms with E-state index in [1.807, 2.05) is 12.1 Å². The fraction of sp³-hybridized carbons (Fsp3) is 0.294. The molecule has 1 saturated heterocycles. The summed E-state index contributed by atoms with van der Waals surface area (Å²) in [5, 5.41) is 19.6. The minimum Gasteiger partial charge on any atom is -0.507 e. The van der Waals surface area contributed by atoms with Crippen molar-refractivity contribution in [3.8, 4) is 22.9 Å². The van der Waals surface area contributed by atoms with E-state index in [9.17, 15) is 15.2 Å². The van der Waals surface area contributed by atoms with Crippen LogP contribution in [-0.2, 0) is 4.74 Å². The second kappa shape index (κ2) is 6.15. The van der Waals surface area contributed by atoms with Gasteiger partial charge in [-0.1, -0.05) is 0 Å².